The van der Waals surface area contributed by atoms with E-state index in [4.69, 9.17) is 9.47 Å². The predicted molar refractivity (Wildman–Crippen MR) is 279 cm³/mol. The van der Waals surface area contributed by atoms with Gasteiger partial charge in [-0.1, -0.05) is 248 Å². The van der Waals surface area contributed by atoms with Gasteiger partial charge in [-0.05, 0) is 83.5 Å². The lowest BCUT2D eigenvalue weighted by molar-refractivity contribution is -0.161. The zero-order chi connectivity index (χ0) is 46.3. The van der Waals surface area contributed by atoms with Gasteiger partial charge in [-0.2, -0.15) is 0 Å². The maximum absolute atomic E-state index is 12.3. The van der Waals surface area contributed by atoms with Gasteiger partial charge in [0.2, 0.25) is 0 Å². The molecule has 0 aromatic heterocycles. The molecule has 0 aromatic rings. The number of hydrogen-bond donors (Lipinski definition) is 1. The summed E-state index contributed by atoms with van der Waals surface area (Å²) in [5.74, 6) is -0.591. The molecule has 0 heterocycles. The molecule has 1 unspecified atom stereocenters. The Labute approximate surface area is 398 Å². The van der Waals surface area contributed by atoms with Crippen molar-refractivity contribution in [3.8, 4) is 0 Å². The summed E-state index contributed by atoms with van der Waals surface area (Å²) in [7, 11) is 0. The smallest absolute Gasteiger partial charge is 0.306 e. The first-order chi connectivity index (χ1) is 31.6. The first-order valence-corrected chi connectivity index (χ1v) is 27.8. The molecule has 5 nitrogen and oxygen atoms in total. The number of allylic oxidation sites excluding steroid dienone is 10. The zero-order valence-corrected chi connectivity index (χ0v) is 42.5. The Hall–Kier alpha value is -2.40. The Kier molecular flexibility index (Phi) is 52.9. The second-order valence-corrected chi connectivity index (χ2v) is 18.7. The van der Waals surface area contributed by atoms with Gasteiger partial charge in [0, 0.05) is 12.8 Å². The van der Waals surface area contributed by atoms with Gasteiger partial charge in [0.15, 0.2) is 6.10 Å². The lowest BCUT2D eigenvalue weighted by atomic mass is 10.0. The minimum atomic E-state index is -0.778. The third-order valence-electron chi connectivity index (χ3n) is 12.3. The van der Waals surface area contributed by atoms with E-state index in [1.54, 1.807) is 0 Å². The van der Waals surface area contributed by atoms with Crippen molar-refractivity contribution in [2.75, 3.05) is 13.2 Å². The van der Waals surface area contributed by atoms with Crippen LogP contribution in [0.15, 0.2) is 60.8 Å². The molecule has 1 N–H and O–H groups in total. The molecule has 0 aliphatic heterocycles. The molecule has 0 saturated heterocycles. The number of carbonyl (C=O) groups is 2. The molecule has 0 aromatic carbocycles. The SMILES string of the molecule is CCCCCCC/C=C\C/C=C\C/C=C\CCCCCCCCCCC(=O)OC(CO)COC(=O)CCCCCCCCCCCCCCCCC/C=C\C/C=C\CCCCCCC. The van der Waals surface area contributed by atoms with Crippen LogP contribution < -0.4 is 0 Å². The van der Waals surface area contributed by atoms with Crippen molar-refractivity contribution in [1.82, 2.24) is 0 Å². The molecule has 0 aliphatic carbocycles. The fraction of sp³-hybridized carbons (Fsp3) is 0.797. The van der Waals surface area contributed by atoms with Crippen molar-refractivity contribution in [3.05, 3.63) is 60.8 Å². The number of rotatable bonds is 51. The molecule has 0 aliphatic rings. The van der Waals surface area contributed by atoms with Crippen LogP contribution in [0.4, 0.5) is 0 Å². The highest BCUT2D eigenvalue weighted by Gasteiger charge is 2.16. The average molecular weight is 895 g/mol. The van der Waals surface area contributed by atoms with Gasteiger partial charge < -0.3 is 14.6 Å². The van der Waals surface area contributed by atoms with Gasteiger partial charge in [-0.15, -0.1) is 0 Å². The number of ether oxygens (including phenoxy) is 2. The highest BCUT2D eigenvalue weighted by atomic mass is 16.6. The highest BCUT2D eigenvalue weighted by molar-refractivity contribution is 5.70. The average Bonchev–Trinajstić information content (AvgIpc) is 3.30. The van der Waals surface area contributed by atoms with Crippen molar-refractivity contribution in [1.29, 1.82) is 0 Å². The first kappa shape index (κ1) is 61.6. The molecule has 0 bridgehead atoms. The van der Waals surface area contributed by atoms with Crippen LogP contribution in [-0.2, 0) is 19.1 Å². The minimum Gasteiger partial charge on any atom is -0.462 e. The van der Waals surface area contributed by atoms with Gasteiger partial charge in [0.05, 0.1) is 6.61 Å². The van der Waals surface area contributed by atoms with Crippen LogP contribution in [0.5, 0.6) is 0 Å². The van der Waals surface area contributed by atoms with E-state index < -0.39 is 6.10 Å². The van der Waals surface area contributed by atoms with Crippen LogP contribution in [0.3, 0.4) is 0 Å². The Morgan fingerprint density at radius 2 is 0.625 bits per heavy atom. The molecular formula is C59H106O5. The normalized spacial score (nSPS) is 12.6. The van der Waals surface area contributed by atoms with E-state index in [2.05, 4.69) is 74.6 Å². The Morgan fingerprint density at radius 1 is 0.359 bits per heavy atom. The molecular weight excluding hydrogens is 789 g/mol. The second kappa shape index (κ2) is 54.9. The van der Waals surface area contributed by atoms with Crippen LogP contribution in [0, 0.1) is 0 Å². The zero-order valence-electron chi connectivity index (χ0n) is 42.5. The Balaban J connectivity index is 3.49. The number of aliphatic hydroxyl groups is 1. The molecule has 0 fully saturated rings. The largest absolute Gasteiger partial charge is 0.462 e. The van der Waals surface area contributed by atoms with E-state index >= 15 is 0 Å². The Bertz CT molecular complexity index is 1100. The van der Waals surface area contributed by atoms with Gasteiger partial charge >= 0.3 is 11.9 Å². The molecule has 0 saturated carbocycles. The van der Waals surface area contributed by atoms with Crippen molar-refractivity contribution in [2.24, 2.45) is 0 Å². The first-order valence-electron chi connectivity index (χ1n) is 27.8. The number of esters is 2. The van der Waals surface area contributed by atoms with E-state index in [-0.39, 0.29) is 25.2 Å². The van der Waals surface area contributed by atoms with Crippen LogP contribution in [-0.4, -0.2) is 36.4 Å². The fourth-order valence-corrected chi connectivity index (χ4v) is 8.06. The summed E-state index contributed by atoms with van der Waals surface area (Å²) in [5, 5.41) is 9.65. The van der Waals surface area contributed by atoms with E-state index in [1.807, 2.05) is 0 Å². The number of aliphatic hydroxyl groups excluding tert-OH is 1. The van der Waals surface area contributed by atoms with E-state index in [1.165, 1.54) is 199 Å². The standard InChI is InChI=1S/C59H106O5/c1-3-5-7-9-11-13-15-17-19-21-23-25-27-28-29-30-32-33-35-37-39-41-43-45-47-49-51-53-58(61)63-56-57(55-60)64-59(62)54-52-50-48-46-44-42-40-38-36-34-31-26-24-22-20-18-16-14-12-10-8-6-4-2/h15-18,21-24,31,34,57,60H,3-14,19-20,25-30,32-33,35-56H2,1-2H3/b17-15-,18-16-,23-21-,24-22-,34-31-. The maximum Gasteiger partial charge on any atom is 0.306 e. The summed E-state index contributed by atoms with van der Waals surface area (Å²) < 4.78 is 10.7. The number of carbonyl (C=O) groups excluding carboxylic acids is 2. The summed E-state index contributed by atoms with van der Waals surface area (Å²) in [6.07, 6.45) is 73.3. The fourth-order valence-electron chi connectivity index (χ4n) is 8.06. The van der Waals surface area contributed by atoms with Gasteiger partial charge in [-0.3, -0.25) is 9.59 Å². The summed E-state index contributed by atoms with van der Waals surface area (Å²) in [6, 6.07) is 0. The van der Waals surface area contributed by atoms with Crippen molar-refractivity contribution in [3.63, 3.8) is 0 Å². The Morgan fingerprint density at radius 3 is 0.938 bits per heavy atom. The topological polar surface area (TPSA) is 72.8 Å². The molecule has 5 heteroatoms. The van der Waals surface area contributed by atoms with Crippen molar-refractivity contribution in [2.45, 2.75) is 290 Å². The third kappa shape index (κ3) is 52.2. The number of unbranched alkanes of at least 4 members (excludes halogenated alkanes) is 33. The summed E-state index contributed by atoms with van der Waals surface area (Å²) in [6.45, 7) is 4.14. The number of hydrogen-bond acceptors (Lipinski definition) is 5. The van der Waals surface area contributed by atoms with E-state index in [0.29, 0.717) is 12.8 Å². The quantitative estimate of drug-likeness (QED) is 0.0374. The molecule has 0 amide bonds. The van der Waals surface area contributed by atoms with Gasteiger partial charge in [0.25, 0.3) is 0 Å². The van der Waals surface area contributed by atoms with Gasteiger partial charge in [0.1, 0.15) is 6.61 Å². The van der Waals surface area contributed by atoms with Crippen LogP contribution in [0.1, 0.15) is 284 Å². The van der Waals surface area contributed by atoms with E-state index in [9.17, 15) is 14.7 Å². The molecule has 0 rings (SSSR count). The van der Waals surface area contributed by atoms with Crippen LogP contribution in [0.2, 0.25) is 0 Å². The third-order valence-corrected chi connectivity index (χ3v) is 12.3. The maximum atomic E-state index is 12.3. The summed E-state index contributed by atoms with van der Waals surface area (Å²) in [5.41, 5.74) is 0. The predicted octanol–water partition coefficient (Wildman–Crippen LogP) is 18.6. The van der Waals surface area contributed by atoms with Gasteiger partial charge in [-0.25, -0.2) is 0 Å². The lowest BCUT2D eigenvalue weighted by Crippen LogP contribution is -2.28. The summed E-state index contributed by atoms with van der Waals surface area (Å²) >= 11 is 0. The van der Waals surface area contributed by atoms with E-state index in [0.717, 1.165) is 57.8 Å². The highest BCUT2D eigenvalue weighted by Crippen LogP contribution is 2.16. The van der Waals surface area contributed by atoms with Crippen LogP contribution in [0.25, 0.3) is 0 Å². The van der Waals surface area contributed by atoms with Crippen molar-refractivity contribution >= 4 is 11.9 Å². The molecule has 1 atom stereocenters. The summed E-state index contributed by atoms with van der Waals surface area (Å²) in [4.78, 5) is 24.5. The monoisotopic (exact) mass is 895 g/mol. The molecule has 372 valence electrons. The van der Waals surface area contributed by atoms with Crippen molar-refractivity contribution < 1.29 is 24.2 Å². The molecule has 64 heavy (non-hydrogen) atoms. The molecule has 0 radical (unpaired) electrons. The lowest BCUT2D eigenvalue weighted by Gasteiger charge is -2.15. The molecule has 0 spiro atoms. The van der Waals surface area contributed by atoms with Crippen LogP contribution >= 0.6 is 0 Å². The second-order valence-electron chi connectivity index (χ2n) is 18.7. The minimum absolute atomic E-state index is 0.0687.